The summed E-state index contributed by atoms with van der Waals surface area (Å²) in [6.07, 6.45) is -0.569. The van der Waals surface area contributed by atoms with Crippen LogP contribution in [0.15, 0.2) is 24.3 Å². The fourth-order valence-corrected chi connectivity index (χ4v) is 1.92. The minimum absolute atomic E-state index is 0.0404. The number of carbonyl (C=O) groups is 2. The first-order valence-electron chi connectivity index (χ1n) is 7.99. The lowest BCUT2D eigenvalue weighted by Gasteiger charge is -2.22. The summed E-state index contributed by atoms with van der Waals surface area (Å²) in [5, 5.41) is 11.6. The summed E-state index contributed by atoms with van der Waals surface area (Å²) < 4.78 is 10.4. The summed E-state index contributed by atoms with van der Waals surface area (Å²) in [7, 11) is 0. The largest absolute Gasteiger partial charge is 0.459 e. The monoisotopic (exact) mass is 347 g/mol. The number of amides is 1. The Hall–Kier alpha value is -2.52. The molecule has 1 amide bonds. The number of carbonyl (C=O) groups excluding carboxylic acids is 2. The Morgan fingerprint density at radius 3 is 2.56 bits per heavy atom. The highest BCUT2D eigenvalue weighted by Crippen LogP contribution is 2.10. The number of nitrogens with one attached hydrogen (secondary N) is 1. The lowest BCUT2D eigenvalue weighted by molar-refractivity contribution is -0.147. The normalized spacial score (nSPS) is 11.7. The van der Waals surface area contributed by atoms with Crippen LogP contribution in [0, 0.1) is 11.8 Å². The topological polar surface area (TPSA) is 84.9 Å². The predicted octanol–water partition coefficient (Wildman–Crippen LogP) is 2.53. The van der Waals surface area contributed by atoms with E-state index in [0.717, 1.165) is 11.1 Å². The number of benzene rings is 1. The van der Waals surface area contributed by atoms with Crippen molar-refractivity contribution in [1.82, 2.24) is 5.32 Å². The number of alkyl carbamates (subject to hydrolysis) is 1. The van der Waals surface area contributed by atoms with Crippen LogP contribution in [0.25, 0.3) is 0 Å². The number of ether oxygens (including phenoxy) is 2. The molecule has 1 aromatic carbocycles. The van der Waals surface area contributed by atoms with Gasteiger partial charge in [-0.15, -0.1) is 11.8 Å². The number of esters is 1. The van der Waals surface area contributed by atoms with Crippen LogP contribution in [-0.4, -0.2) is 28.8 Å². The molecule has 0 spiro atoms. The van der Waals surface area contributed by atoms with E-state index in [1.807, 2.05) is 0 Å². The molecule has 0 bridgehead atoms. The minimum atomic E-state index is -0.914. The van der Waals surface area contributed by atoms with Gasteiger partial charge in [-0.3, -0.25) is 0 Å². The molecule has 0 saturated carbocycles. The van der Waals surface area contributed by atoms with Crippen molar-refractivity contribution in [2.75, 3.05) is 0 Å². The van der Waals surface area contributed by atoms with Crippen LogP contribution in [0.5, 0.6) is 0 Å². The van der Waals surface area contributed by atoms with Gasteiger partial charge in [-0.1, -0.05) is 24.3 Å². The van der Waals surface area contributed by atoms with Gasteiger partial charge in [-0.05, 0) is 38.8 Å². The maximum Gasteiger partial charge on any atom is 0.408 e. The second-order valence-electron chi connectivity index (χ2n) is 6.42. The lowest BCUT2D eigenvalue weighted by atomic mass is 10.1. The van der Waals surface area contributed by atoms with Crippen molar-refractivity contribution < 1.29 is 24.2 Å². The van der Waals surface area contributed by atoms with Crippen molar-refractivity contribution in [3.05, 3.63) is 35.4 Å². The maximum atomic E-state index is 12.3. The van der Waals surface area contributed by atoms with Crippen LogP contribution in [0.4, 0.5) is 4.79 Å². The fraction of sp³-hybridized carbons (Fsp3) is 0.474. The van der Waals surface area contributed by atoms with Crippen molar-refractivity contribution in [2.24, 2.45) is 0 Å². The van der Waals surface area contributed by atoms with Gasteiger partial charge in [0.2, 0.25) is 0 Å². The number of aliphatic hydroxyl groups excluding tert-OH is 1. The Labute approximate surface area is 148 Å². The molecule has 6 heteroatoms. The summed E-state index contributed by atoms with van der Waals surface area (Å²) in [5.74, 6) is 4.85. The fourth-order valence-electron chi connectivity index (χ4n) is 1.92. The summed E-state index contributed by atoms with van der Waals surface area (Å²) >= 11 is 0. The molecule has 0 saturated heterocycles. The molecule has 1 atom stereocenters. The Morgan fingerprint density at radius 1 is 1.28 bits per heavy atom. The van der Waals surface area contributed by atoms with E-state index in [1.165, 1.54) is 0 Å². The van der Waals surface area contributed by atoms with Crippen molar-refractivity contribution in [3.8, 4) is 11.8 Å². The van der Waals surface area contributed by atoms with Crippen molar-refractivity contribution in [1.29, 1.82) is 0 Å². The van der Waals surface area contributed by atoms with Crippen molar-refractivity contribution in [3.63, 3.8) is 0 Å². The van der Waals surface area contributed by atoms with Gasteiger partial charge < -0.3 is 19.9 Å². The summed E-state index contributed by atoms with van der Waals surface area (Å²) in [6, 6.07) is 6.16. The van der Waals surface area contributed by atoms with E-state index in [9.17, 15) is 9.59 Å². The third-order valence-electron chi connectivity index (χ3n) is 3.01. The van der Waals surface area contributed by atoms with E-state index < -0.39 is 23.7 Å². The van der Waals surface area contributed by atoms with Crippen LogP contribution >= 0.6 is 0 Å². The van der Waals surface area contributed by atoms with E-state index in [1.54, 1.807) is 52.0 Å². The van der Waals surface area contributed by atoms with E-state index in [2.05, 4.69) is 17.2 Å². The average molecular weight is 347 g/mol. The first-order chi connectivity index (χ1) is 11.7. The molecule has 0 unspecified atom stereocenters. The second kappa shape index (κ2) is 9.70. The molecular weight excluding hydrogens is 322 g/mol. The highest BCUT2D eigenvalue weighted by Gasteiger charge is 2.25. The SMILES string of the molecule is CC#CC[C@H](NC(=O)OC(C)(C)C)C(=O)OCc1cccc(CO)c1. The first-order valence-corrected chi connectivity index (χ1v) is 7.99. The van der Waals surface area contributed by atoms with Crippen LogP contribution < -0.4 is 5.32 Å². The molecule has 0 aliphatic carbocycles. The van der Waals surface area contributed by atoms with E-state index in [-0.39, 0.29) is 19.6 Å². The minimum Gasteiger partial charge on any atom is -0.459 e. The molecule has 136 valence electrons. The standard InChI is InChI=1S/C19H25NO5/c1-5-6-10-16(20-18(23)25-19(2,3)4)17(22)24-13-15-9-7-8-14(11-15)12-21/h7-9,11,16,21H,10,12-13H2,1-4H3,(H,20,23)/t16-/m0/s1. The smallest absolute Gasteiger partial charge is 0.408 e. The Morgan fingerprint density at radius 2 is 1.96 bits per heavy atom. The van der Waals surface area contributed by atoms with E-state index >= 15 is 0 Å². The zero-order chi connectivity index (χ0) is 18.9. The second-order valence-corrected chi connectivity index (χ2v) is 6.42. The summed E-state index contributed by atoms with van der Waals surface area (Å²) in [6.45, 7) is 6.81. The molecule has 0 heterocycles. The Bertz CT molecular complexity index is 652. The molecule has 1 aromatic rings. The molecule has 2 N–H and O–H groups in total. The quantitative estimate of drug-likeness (QED) is 0.610. The predicted molar refractivity (Wildman–Crippen MR) is 93.4 cm³/mol. The maximum absolute atomic E-state index is 12.3. The van der Waals surface area contributed by atoms with Crippen molar-refractivity contribution in [2.45, 2.75) is 59.0 Å². The zero-order valence-corrected chi connectivity index (χ0v) is 15.1. The Balaban J connectivity index is 2.68. The number of hydrogen-bond donors (Lipinski definition) is 2. The molecule has 0 aliphatic rings. The van der Waals surface area contributed by atoms with Gasteiger partial charge in [0, 0.05) is 6.42 Å². The molecule has 6 nitrogen and oxygen atoms in total. The summed E-state index contributed by atoms with van der Waals surface area (Å²) in [5.41, 5.74) is 0.811. The Kier molecular flexibility index (Phi) is 7.96. The lowest BCUT2D eigenvalue weighted by Crippen LogP contribution is -2.44. The van der Waals surface area contributed by atoms with Crippen LogP contribution in [-0.2, 0) is 27.5 Å². The molecule has 0 aromatic heterocycles. The number of rotatable bonds is 6. The zero-order valence-electron chi connectivity index (χ0n) is 15.1. The highest BCUT2D eigenvalue weighted by atomic mass is 16.6. The van der Waals surface area contributed by atoms with Crippen LogP contribution in [0.1, 0.15) is 45.2 Å². The third-order valence-corrected chi connectivity index (χ3v) is 3.01. The van der Waals surface area contributed by atoms with Gasteiger partial charge in [0.1, 0.15) is 18.2 Å². The van der Waals surface area contributed by atoms with Crippen LogP contribution in [0.2, 0.25) is 0 Å². The van der Waals surface area contributed by atoms with E-state index in [4.69, 9.17) is 14.6 Å². The van der Waals surface area contributed by atoms with Gasteiger partial charge in [0.05, 0.1) is 6.61 Å². The van der Waals surface area contributed by atoms with Crippen LogP contribution in [0.3, 0.4) is 0 Å². The van der Waals surface area contributed by atoms with Gasteiger partial charge in [0.25, 0.3) is 0 Å². The molecular formula is C19H25NO5. The molecule has 0 radical (unpaired) electrons. The van der Waals surface area contributed by atoms with Gasteiger partial charge in [0.15, 0.2) is 0 Å². The number of aliphatic hydroxyl groups is 1. The van der Waals surface area contributed by atoms with Crippen molar-refractivity contribution >= 4 is 12.1 Å². The third kappa shape index (κ3) is 8.23. The molecule has 1 rings (SSSR count). The molecule has 0 fully saturated rings. The van der Waals surface area contributed by atoms with Gasteiger partial charge >= 0.3 is 12.1 Å². The van der Waals surface area contributed by atoms with Gasteiger partial charge in [-0.25, -0.2) is 9.59 Å². The molecule has 25 heavy (non-hydrogen) atoms. The highest BCUT2D eigenvalue weighted by molar-refractivity contribution is 5.81. The van der Waals surface area contributed by atoms with Gasteiger partial charge in [-0.2, -0.15) is 0 Å². The first kappa shape index (κ1) is 20.5. The summed E-state index contributed by atoms with van der Waals surface area (Å²) in [4.78, 5) is 24.1. The van der Waals surface area contributed by atoms with E-state index in [0.29, 0.717) is 0 Å². The number of hydrogen-bond acceptors (Lipinski definition) is 5. The molecule has 0 aliphatic heterocycles. The average Bonchev–Trinajstić information content (AvgIpc) is 2.55.